The van der Waals surface area contributed by atoms with Gasteiger partial charge in [0.1, 0.15) is 5.82 Å². The number of hydrogen-bond donors (Lipinski definition) is 2. The highest BCUT2D eigenvalue weighted by atomic mass is 79.9. The van der Waals surface area contributed by atoms with Gasteiger partial charge in [0, 0.05) is 10.2 Å². The Balaban J connectivity index is 2.27. The summed E-state index contributed by atoms with van der Waals surface area (Å²) in [6.45, 7) is 1.89. The summed E-state index contributed by atoms with van der Waals surface area (Å²) in [5.74, 6) is -2.65. The third kappa shape index (κ3) is 3.46. The average molecular weight is 352 g/mol. The van der Waals surface area contributed by atoms with Crippen LogP contribution in [0, 0.1) is 12.7 Å². The van der Waals surface area contributed by atoms with Gasteiger partial charge in [0.25, 0.3) is 5.91 Å². The van der Waals surface area contributed by atoms with Crippen molar-refractivity contribution < 1.29 is 19.1 Å². The molecule has 0 spiro atoms. The van der Waals surface area contributed by atoms with Crippen molar-refractivity contribution in [3.05, 3.63) is 63.4 Å². The third-order valence-electron chi connectivity index (χ3n) is 2.82. The zero-order valence-corrected chi connectivity index (χ0v) is 12.6. The smallest absolute Gasteiger partial charge is 0.338 e. The van der Waals surface area contributed by atoms with E-state index >= 15 is 0 Å². The minimum atomic E-state index is -1.39. The molecule has 0 aliphatic rings. The Morgan fingerprint density at radius 3 is 2.48 bits per heavy atom. The molecule has 21 heavy (non-hydrogen) atoms. The molecule has 0 saturated heterocycles. The van der Waals surface area contributed by atoms with Crippen LogP contribution >= 0.6 is 15.9 Å². The Kier molecular flexibility index (Phi) is 4.37. The predicted octanol–water partition coefficient (Wildman–Crippen LogP) is 3.85. The average Bonchev–Trinajstić information content (AvgIpc) is 2.40. The lowest BCUT2D eigenvalue weighted by Gasteiger charge is -2.08. The fraction of sp³-hybridized carbons (Fsp3) is 0.0667. The van der Waals surface area contributed by atoms with Gasteiger partial charge in [-0.1, -0.05) is 6.07 Å². The molecule has 2 rings (SSSR count). The van der Waals surface area contributed by atoms with Gasteiger partial charge in [-0.2, -0.15) is 0 Å². The van der Waals surface area contributed by atoms with Crippen molar-refractivity contribution >= 4 is 33.5 Å². The molecule has 2 aromatic rings. The van der Waals surface area contributed by atoms with Crippen molar-refractivity contribution in [1.29, 1.82) is 0 Å². The monoisotopic (exact) mass is 351 g/mol. The van der Waals surface area contributed by atoms with E-state index in [1.54, 1.807) is 18.2 Å². The first-order valence-corrected chi connectivity index (χ1v) is 6.78. The van der Waals surface area contributed by atoms with E-state index in [0.717, 1.165) is 17.7 Å². The van der Waals surface area contributed by atoms with Crippen molar-refractivity contribution in [1.82, 2.24) is 0 Å². The number of aryl methyl sites for hydroxylation is 1. The van der Waals surface area contributed by atoms with Crippen molar-refractivity contribution in [3.8, 4) is 0 Å². The quantitative estimate of drug-likeness (QED) is 0.882. The lowest BCUT2D eigenvalue weighted by Crippen LogP contribution is -2.13. The van der Waals surface area contributed by atoms with Gasteiger partial charge < -0.3 is 10.4 Å². The molecular formula is C15H11BrFNO3. The molecule has 0 aliphatic heterocycles. The maximum atomic E-state index is 13.3. The van der Waals surface area contributed by atoms with Gasteiger partial charge in [-0.05, 0) is 58.7 Å². The van der Waals surface area contributed by atoms with Crippen LogP contribution in [0.1, 0.15) is 26.3 Å². The van der Waals surface area contributed by atoms with Crippen molar-refractivity contribution in [3.63, 3.8) is 0 Å². The molecule has 4 nitrogen and oxygen atoms in total. The zero-order chi connectivity index (χ0) is 15.6. The molecule has 1 amide bonds. The van der Waals surface area contributed by atoms with E-state index in [1.165, 1.54) is 6.07 Å². The minimum absolute atomic E-state index is 0.214. The van der Waals surface area contributed by atoms with Crippen molar-refractivity contribution in [2.24, 2.45) is 0 Å². The number of carboxylic acids is 1. The van der Waals surface area contributed by atoms with Gasteiger partial charge in [-0.25, -0.2) is 9.18 Å². The number of carboxylic acid groups (broad SMARTS) is 1. The van der Waals surface area contributed by atoms with E-state index in [9.17, 15) is 14.0 Å². The summed E-state index contributed by atoms with van der Waals surface area (Å²) >= 11 is 3.30. The van der Waals surface area contributed by atoms with Crippen LogP contribution < -0.4 is 5.32 Å². The van der Waals surface area contributed by atoms with Gasteiger partial charge in [-0.3, -0.25) is 4.79 Å². The van der Waals surface area contributed by atoms with Crippen LogP contribution in [-0.2, 0) is 0 Å². The maximum absolute atomic E-state index is 13.3. The first-order chi connectivity index (χ1) is 9.88. The summed E-state index contributed by atoms with van der Waals surface area (Å²) in [6.07, 6.45) is 0. The Labute approximate surface area is 128 Å². The number of carbonyl (C=O) groups is 2. The van der Waals surface area contributed by atoms with E-state index in [2.05, 4.69) is 21.2 Å². The van der Waals surface area contributed by atoms with E-state index in [4.69, 9.17) is 5.11 Å². The number of amides is 1. The number of rotatable bonds is 3. The second kappa shape index (κ2) is 6.05. The van der Waals surface area contributed by atoms with E-state index < -0.39 is 23.3 Å². The molecule has 2 N–H and O–H groups in total. The molecule has 0 bridgehead atoms. The summed E-state index contributed by atoms with van der Waals surface area (Å²) in [4.78, 5) is 23.0. The van der Waals surface area contributed by atoms with Crippen LogP contribution in [0.2, 0.25) is 0 Å². The fourth-order valence-corrected chi connectivity index (χ4v) is 2.44. The Bertz CT molecular complexity index is 731. The van der Waals surface area contributed by atoms with Crippen LogP contribution in [0.25, 0.3) is 0 Å². The SMILES string of the molecule is Cc1ccc(C(=O)Nc2ccc(F)c(C(=O)O)c2)c(Br)c1. The fourth-order valence-electron chi connectivity index (χ4n) is 1.77. The lowest BCUT2D eigenvalue weighted by atomic mass is 10.1. The molecule has 2 aromatic carbocycles. The first kappa shape index (κ1) is 15.2. The number of aromatic carboxylic acids is 1. The highest BCUT2D eigenvalue weighted by Gasteiger charge is 2.14. The summed E-state index contributed by atoms with van der Waals surface area (Å²) in [5, 5.41) is 11.4. The number of nitrogens with one attached hydrogen (secondary N) is 1. The number of carbonyl (C=O) groups excluding carboxylic acids is 1. The standard InChI is InChI=1S/C15H11BrFNO3/c1-8-2-4-10(12(16)6-8)14(19)18-9-3-5-13(17)11(7-9)15(20)21/h2-7H,1H3,(H,18,19)(H,20,21). The second-order valence-electron chi connectivity index (χ2n) is 4.44. The zero-order valence-electron chi connectivity index (χ0n) is 11.0. The highest BCUT2D eigenvalue weighted by Crippen LogP contribution is 2.21. The maximum Gasteiger partial charge on any atom is 0.338 e. The minimum Gasteiger partial charge on any atom is -0.478 e. The molecule has 0 heterocycles. The third-order valence-corrected chi connectivity index (χ3v) is 3.48. The lowest BCUT2D eigenvalue weighted by molar-refractivity contribution is 0.0691. The van der Waals surface area contributed by atoms with Gasteiger partial charge >= 0.3 is 5.97 Å². The van der Waals surface area contributed by atoms with E-state index in [0.29, 0.717) is 10.0 Å². The van der Waals surface area contributed by atoms with Crippen LogP contribution in [0.5, 0.6) is 0 Å². The molecule has 0 atom stereocenters. The molecule has 0 unspecified atom stereocenters. The normalized spacial score (nSPS) is 10.2. The van der Waals surface area contributed by atoms with Gasteiger partial charge in [0.15, 0.2) is 0 Å². The largest absolute Gasteiger partial charge is 0.478 e. The van der Waals surface area contributed by atoms with Crippen LogP contribution in [0.15, 0.2) is 40.9 Å². The molecule has 108 valence electrons. The summed E-state index contributed by atoms with van der Waals surface area (Å²) in [5.41, 5.74) is 1.12. The van der Waals surface area contributed by atoms with Crippen LogP contribution in [-0.4, -0.2) is 17.0 Å². The molecule has 0 aliphatic carbocycles. The molecule has 6 heteroatoms. The predicted molar refractivity (Wildman–Crippen MR) is 80.2 cm³/mol. The van der Waals surface area contributed by atoms with Gasteiger partial charge in [-0.15, -0.1) is 0 Å². The molecule has 0 fully saturated rings. The van der Waals surface area contributed by atoms with E-state index in [1.807, 2.05) is 6.92 Å². The highest BCUT2D eigenvalue weighted by molar-refractivity contribution is 9.10. The topological polar surface area (TPSA) is 66.4 Å². The molecule has 0 saturated carbocycles. The summed E-state index contributed by atoms with van der Waals surface area (Å²) in [6, 6.07) is 8.62. The Hall–Kier alpha value is -2.21. The Morgan fingerprint density at radius 1 is 1.14 bits per heavy atom. The number of hydrogen-bond acceptors (Lipinski definition) is 2. The number of anilines is 1. The number of benzene rings is 2. The van der Waals surface area contributed by atoms with Gasteiger partial charge in [0.2, 0.25) is 0 Å². The summed E-state index contributed by atoms with van der Waals surface area (Å²) in [7, 11) is 0. The van der Waals surface area contributed by atoms with Crippen LogP contribution in [0.3, 0.4) is 0 Å². The van der Waals surface area contributed by atoms with Crippen LogP contribution in [0.4, 0.5) is 10.1 Å². The molecular weight excluding hydrogens is 341 g/mol. The molecule has 0 radical (unpaired) electrons. The van der Waals surface area contributed by atoms with Gasteiger partial charge in [0.05, 0.1) is 11.1 Å². The summed E-state index contributed by atoms with van der Waals surface area (Å²) < 4.78 is 13.9. The van der Waals surface area contributed by atoms with Crippen molar-refractivity contribution in [2.75, 3.05) is 5.32 Å². The second-order valence-corrected chi connectivity index (χ2v) is 5.29. The number of halogens is 2. The molecule has 0 aromatic heterocycles. The Morgan fingerprint density at radius 2 is 1.86 bits per heavy atom. The van der Waals surface area contributed by atoms with E-state index in [-0.39, 0.29) is 5.69 Å². The first-order valence-electron chi connectivity index (χ1n) is 5.99. The van der Waals surface area contributed by atoms with Crippen molar-refractivity contribution in [2.45, 2.75) is 6.92 Å².